The normalized spacial score (nSPS) is 20.8. The minimum atomic E-state index is 0.588. The maximum atomic E-state index is 4.44. The number of piperidine rings is 1. The van der Waals surface area contributed by atoms with Gasteiger partial charge >= 0.3 is 0 Å². The lowest BCUT2D eigenvalue weighted by Gasteiger charge is -2.36. The first-order valence-corrected chi connectivity index (χ1v) is 6.21. The number of anilines is 1. The van der Waals surface area contributed by atoms with Gasteiger partial charge in [0.25, 0.3) is 0 Å². The van der Waals surface area contributed by atoms with Crippen LogP contribution < -0.4 is 4.90 Å². The Morgan fingerprint density at radius 3 is 3.06 bits per heavy atom. The van der Waals surface area contributed by atoms with Gasteiger partial charge in [-0.15, -0.1) is 14.8 Å². The molecule has 7 heteroatoms. The third-order valence-corrected chi connectivity index (χ3v) is 3.51. The van der Waals surface area contributed by atoms with Crippen molar-refractivity contribution in [3.63, 3.8) is 0 Å². The molecule has 2 aromatic rings. The summed E-state index contributed by atoms with van der Waals surface area (Å²) in [4.78, 5) is 4.58. The molecule has 1 aliphatic rings. The number of tetrazole rings is 1. The Labute approximate surface area is 105 Å². The summed E-state index contributed by atoms with van der Waals surface area (Å²) in [7, 11) is 4.26. The van der Waals surface area contributed by atoms with E-state index in [9.17, 15) is 0 Å². The third-order valence-electron chi connectivity index (χ3n) is 3.51. The molecule has 0 saturated carbocycles. The summed E-state index contributed by atoms with van der Waals surface area (Å²) in [6.07, 6.45) is 2.44. The van der Waals surface area contributed by atoms with Gasteiger partial charge in [-0.3, -0.25) is 0 Å². The molecule has 1 fully saturated rings. The Morgan fingerprint density at radius 1 is 1.33 bits per heavy atom. The van der Waals surface area contributed by atoms with Gasteiger partial charge in [0.2, 0.25) is 0 Å². The maximum Gasteiger partial charge on any atom is 0.200 e. The van der Waals surface area contributed by atoms with E-state index in [2.05, 4.69) is 44.5 Å². The van der Waals surface area contributed by atoms with Crippen LogP contribution in [0.3, 0.4) is 0 Å². The van der Waals surface area contributed by atoms with Crippen molar-refractivity contribution in [2.75, 3.05) is 32.1 Å². The molecule has 0 spiro atoms. The van der Waals surface area contributed by atoms with Crippen LogP contribution in [0, 0.1) is 0 Å². The largest absolute Gasteiger partial charge is 0.354 e. The highest BCUT2D eigenvalue weighted by molar-refractivity contribution is 5.44. The second kappa shape index (κ2) is 4.49. The predicted octanol–water partition coefficient (Wildman–Crippen LogP) is 0.0497. The van der Waals surface area contributed by atoms with Crippen molar-refractivity contribution >= 4 is 11.5 Å². The first-order valence-electron chi connectivity index (χ1n) is 6.21. The fraction of sp³-hybridized carbons (Fsp3) is 0.636. The SMILES string of the molecule is CN(C)C1CCCN(c2ccc3nnnn3n2)C1. The molecule has 0 bridgehead atoms. The Balaban J connectivity index is 1.84. The number of aromatic nitrogens is 5. The molecule has 1 atom stereocenters. The van der Waals surface area contributed by atoms with Crippen LogP contribution in [0.15, 0.2) is 12.1 Å². The molecule has 1 saturated heterocycles. The lowest BCUT2D eigenvalue weighted by atomic mass is 10.1. The number of hydrogen-bond acceptors (Lipinski definition) is 6. The minimum Gasteiger partial charge on any atom is -0.354 e. The van der Waals surface area contributed by atoms with Gasteiger partial charge in [-0.2, -0.15) is 0 Å². The third kappa shape index (κ3) is 2.01. The molecule has 1 aliphatic heterocycles. The van der Waals surface area contributed by atoms with Crippen LogP contribution in [-0.2, 0) is 0 Å². The number of fused-ring (bicyclic) bond motifs is 1. The molecule has 0 aromatic carbocycles. The molecule has 3 heterocycles. The minimum absolute atomic E-state index is 0.588. The van der Waals surface area contributed by atoms with Gasteiger partial charge in [0.1, 0.15) is 0 Å². The molecule has 7 nitrogen and oxygen atoms in total. The van der Waals surface area contributed by atoms with Crippen LogP contribution in [0.1, 0.15) is 12.8 Å². The maximum absolute atomic E-state index is 4.44. The van der Waals surface area contributed by atoms with E-state index in [1.54, 1.807) is 0 Å². The zero-order valence-electron chi connectivity index (χ0n) is 10.7. The first-order chi connectivity index (χ1) is 8.74. The van der Waals surface area contributed by atoms with Crippen molar-refractivity contribution in [3.05, 3.63) is 12.1 Å². The van der Waals surface area contributed by atoms with Crippen molar-refractivity contribution in [3.8, 4) is 0 Å². The fourth-order valence-electron chi connectivity index (χ4n) is 2.39. The van der Waals surface area contributed by atoms with Crippen molar-refractivity contribution in [2.24, 2.45) is 0 Å². The Kier molecular flexibility index (Phi) is 2.83. The van der Waals surface area contributed by atoms with Crippen molar-refractivity contribution in [1.82, 2.24) is 30.2 Å². The van der Waals surface area contributed by atoms with Crippen molar-refractivity contribution in [1.29, 1.82) is 0 Å². The Morgan fingerprint density at radius 2 is 2.22 bits per heavy atom. The summed E-state index contributed by atoms with van der Waals surface area (Å²) in [6, 6.07) is 4.48. The van der Waals surface area contributed by atoms with Crippen LogP contribution in [0.4, 0.5) is 5.82 Å². The van der Waals surface area contributed by atoms with Crippen LogP contribution in [0.25, 0.3) is 5.65 Å². The molecule has 1 unspecified atom stereocenters. The van der Waals surface area contributed by atoms with E-state index < -0.39 is 0 Å². The highest BCUT2D eigenvalue weighted by Gasteiger charge is 2.22. The van der Waals surface area contributed by atoms with Gasteiger partial charge in [-0.25, -0.2) is 0 Å². The monoisotopic (exact) mass is 247 g/mol. The van der Waals surface area contributed by atoms with Crippen LogP contribution >= 0.6 is 0 Å². The first kappa shape index (κ1) is 11.3. The topological polar surface area (TPSA) is 62.5 Å². The van der Waals surface area contributed by atoms with Gasteiger partial charge in [-0.05, 0) is 49.5 Å². The summed E-state index contributed by atoms with van der Waals surface area (Å²) < 4.78 is 1.48. The standard InChI is InChI=1S/C11H17N7/c1-16(2)9-4-3-7-17(8-9)11-6-5-10-12-14-15-18(10)13-11/h5-6,9H,3-4,7-8H2,1-2H3. The van der Waals surface area contributed by atoms with E-state index >= 15 is 0 Å². The Bertz CT molecular complexity index is 535. The van der Waals surface area contributed by atoms with Gasteiger partial charge in [0.05, 0.1) is 0 Å². The molecule has 96 valence electrons. The molecule has 0 amide bonds. The average molecular weight is 247 g/mol. The van der Waals surface area contributed by atoms with Gasteiger partial charge in [0, 0.05) is 19.1 Å². The van der Waals surface area contributed by atoms with Crippen LogP contribution in [0.5, 0.6) is 0 Å². The molecular weight excluding hydrogens is 230 g/mol. The second-order valence-corrected chi connectivity index (χ2v) is 4.92. The molecule has 0 aliphatic carbocycles. The second-order valence-electron chi connectivity index (χ2n) is 4.92. The van der Waals surface area contributed by atoms with E-state index in [-0.39, 0.29) is 0 Å². The molecule has 2 aromatic heterocycles. The van der Waals surface area contributed by atoms with E-state index in [1.807, 2.05) is 12.1 Å². The van der Waals surface area contributed by atoms with Gasteiger partial charge in [-0.1, -0.05) is 0 Å². The molecule has 3 rings (SSSR count). The zero-order valence-corrected chi connectivity index (χ0v) is 10.7. The van der Waals surface area contributed by atoms with Crippen molar-refractivity contribution < 1.29 is 0 Å². The number of likely N-dealkylation sites (N-methyl/N-ethyl adjacent to an activating group) is 1. The number of nitrogens with zero attached hydrogens (tertiary/aromatic N) is 7. The van der Waals surface area contributed by atoms with E-state index in [1.165, 1.54) is 17.5 Å². The lowest BCUT2D eigenvalue weighted by Crippen LogP contribution is -2.45. The molecule has 18 heavy (non-hydrogen) atoms. The van der Waals surface area contributed by atoms with E-state index in [0.29, 0.717) is 11.7 Å². The highest BCUT2D eigenvalue weighted by Crippen LogP contribution is 2.19. The van der Waals surface area contributed by atoms with Gasteiger partial charge < -0.3 is 9.80 Å². The quantitative estimate of drug-likeness (QED) is 0.747. The summed E-state index contributed by atoms with van der Waals surface area (Å²) in [5.74, 6) is 0.946. The predicted molar refractivity (Wildman–Crippen MR) is 67.5 cm³/mol. The van der Waals surface area contributed by atoms with Crippen molar-refractivity contribution in [2.45, 2.75) is 18.9 Å². The summed E-state index contributed by atoms with van der Waals surface area (Å²) in [5.41, 5.74) is 0.680. The van der Waals surface area contributed by atoms with Crippen LogP contribution in [0.2, 0.25) is 0 Å². The molecule has 0 N–H and O–H groups in total. The number of hydrogen-bond donors (Lipinski definition) is 0. The highest BCUT2D eigenvalue weighted by atomic mass is 15.6. The number of rotatable bonds is 2. The van der Waals surface area contributed by atoms with E-state index in [0.717, 1.165) is 18.9 Å². The average Bonchev–Trinajstić information content (AvgIpc) is 2.86. The Hall–Kier alpha value is -1.76. The summed E-state index contributed by atoms with van der Waals surface area (Å²) in [5, 5.41) is 15.7. The van der Waals surface area contributed by atoms with Crippen LogP contribution in [-0.4, -0.2) is 63.4 Å². The summed E-state index contributed by atoms with van der Waals surface area (Å²) >= 11 is 0. The van der Waals surface area contributed by atoms with Gasteiger partial charge in [0.15, 0.2) is 11.5 Å². The van der Waals surface area contributed by atoms with E-state index in [4.69, 9.17) is 0 Å². The smallest absolute Gasteiger partial charge is 0.200 e. The molecular formula is C11H17N7. The lowest BCUT2D eigenvalue weighted by molar-refractivity contribution is 0.257. The fourth-order valence-corrected chi connectivity index (χ4v) is 2.39. The zero-order chi connectivity index (χ0) is 12.5. The summed E-state index contributed by atoms with van der Waals surface area (Å²) in [6.45, 7) is 2.05. The molecule has 0 radical (unpaired) electrons.